The minimum atomic E-state index is -0.742. The first-order valence-corrected chi connectivity index (χ1v) is 9.59. The number of anilines is 1. The fraction of sp³-hybridized carbons (Fsp3) is 0.600. The molecule has 1 saturated carbocycles. The second-order valence-corrected chi connectivity index (χ2v) is 7.45. The largest absolute Gasteiger partial charge is 0.331 e. The van der Waals surface area contributed by atoms with Gasteiger partial charge in [0.25, 0.3) is 0 Å². The van der Waals surface area contributed by atoms with Gasteiger partial charge in [-0.05, 0) is 50.2 Å². The number of halogens is 2. The van der Waals surface area contributed by atoms with Gasteiger partial charge in [0, 0.05) is 24.7 Å². The normalized spacial score (nSPS) is 21.5. The minimum Gasteiger partial charge on any atom is -0.331 e. The highest BCUT2D eigenvalue weighted by atomic mass is 19.1. The van der Waals surface area contributed by atoms with Gasteiger partial charge in [0.2, 0.25) is 11.8 Å². The first-order valence-electron chi connectivity index (χ1n) is 9.59. The maximum Gasteiger partial charge on any atom is 0.247 e. The fourth-order valence-corrected chi connectivity index (χ4v) is 4.11. The lowest BCUT2D eigenvalue weighted by atomic mass is 9.86. The summed E-state index contributed by atoms with van der Waals surface area (Å²) in [5.74, 6) is -1.41. The lowest BCUT2D eigenvalue weighted by molar-refractivity contribution is -0.141. The number of rotatable bonds is 4. The Kier molecular flexibility index (Phi) is 6.22. The second kappa shape index (κ2) is 8.60. The summed E-state index contributed by atoms with van der Waals surface area (Å²) in [7, 11) is 0. The minimum absolute atomic E-state index is 0.0298. The molecule has 1 aromatic carbocycles. The maximum absolute atomic E-state index is 13.3. The molecule has 1 N–H and O–H groups in total. The Labute approximate surface area is 152 Å². The first kappa shape index (κ1) is 18.8. The Morgan fingerprint density at radius 1 is 0.962 bits per heavy atom. The van der Waals surface area contributed by atoms with Gasteiger partial charge in [-0.3, -0.25) is 9.59 Å². The molecule has 142 valence electrons. The molecular weight excluding hydrogens is 338 g/mol. The van der Waals surface area contributed by atoms with Gasteiger partial charge in [-0.15, -0.1) is 0 Å². The molecule has 0 spiro atoms. The van der Waals surface area contributed by atoms with Crippen LogP contribution >= 0.6 is 0 Å². The van der Waals surface area contributed by atoms with Gasteiger partial charge in [0.1, 0.15) is 17.7 Å². The zero-order chi connectivity index (χ0) is 18.5. The summed E-state index contributed by atoms with van der Waals surface area (Å²) < 4.78 is 26.7. The van der Waals surface area contributed by atoms with Crippen LogP contribution in [0.2, 0.25) is 0 Å². The molecule has 2 amide bonds. The summed E-state index contributed by atoms with van der Waals surface area (Å²) in [6.07, 6.45) is 8.58. The molecule has 1 aliphatic carbocycles. The van der Waals surface area contributed by atoms with Crippen LogP contribution in [0.1, 0.15) is 57.8 Å². The van der Waals surface area contributed by atoms with Crippen molar-refractivity contribution < 1.29 is 18.4 Å². The van der Waals surface area contributed by atoms with Crippen molar-refractivity contribution in [3.63, 3.8) is 0 Å². The fourth-order valence-electron chi connectivity index (χ4n) is 4.11. The summed E-state index contributed by atoms with van der Waals surface area (Å²) in [4.78, 5) is 27.1. The van der Waals surface area contributed by atoms with Crippen LogP contribution in [-0.4, -0.2) is 29.3 Å². The van der Waals surface area contributed by atoms with Crippen LogP contribution in [0.5, 0.6) is 0 Å². The Balaban J connectivity index is 1.65. The third kappa shape index (κ3) is 4.80. The Morgan fingerprint density at radius 2 is 1.62 bits per heavy atom. The van der Waals surface area contributed by atoms with E-state index in [4.69, 9.17) is 0 Å². The van der Waals surface area contributed by atoms with Crippen LogP contribution in [0.15, 0.2) is 18.2 Å². The van der Waals surface area contributed by atoms with E-state index in [2.05, 4.69) is 5.32 Å². The monoisotopic (exact) mass is 364 g/mol. The van der Waals surface area contributed by atoms with E-state index in [1.807, 2.05) is 0 Å². The van der Waals surface area contributed by atoms with Crippen molar-refractivity contribution in [2.24, 2.45) is 5.92 Å². The van der Waals surface area contributed by atoms with Gasteiger partial charge < -0.3 is 10.2 Å². The van der Waals surface area contributed by atoms with E-state index in [1.165, 1.54) is 19.3 Å². The molecule has 26 heavy (non-hydrogen) atoms. The molecule has 0 unspecified atom stereocenters. The van der Waals surface area contributed by atoms with E-state index in [9.17, 15) is 18.4 Å². The van der Waals surface area contributed by atoms with E-state index >= 15 is 0 Å². The lowest BCUT2D eigenvalue weighted by Crippen LogP contribution is -2.50. The van der Waals surface area contributed by atoms with Gasteiger partial charge in [0.05, 0.1) is 0 Å². The SMILES string of the molecule is O=C(Nc1cc(F)cc(F)c1)[C@@H]1CCCCN1C(=O)CC1CCCCC1. The predicted octanol–water partition coefficient (Wildman–Crippen LogP) is 4.25. The van der Waals surface area contributed by atoms with Crippen molar-refractivity contribution in [2.75, 3.05) is 11.9 Å². The lowest BCUT2D eigenvalue weighted by Gasteiger charge is -2.36. The highest BCUT2D eigenvalue weighted by Gasteiger charge is 2.33. The second-order valence-electron chi connectivity index (χ2n) is 7.45. The smallest absolute Gasteiger partial charge is 0.247 e. The van der Waals surface area contributed by atoms with Crippen LogP contribution in [0, 0.1) is 17.6 Å². The number of benzene rings is 1. The van der Waals surface area contributed by atoms with Gasteiger partial charge in [-0.1, -0.05) is 19.3 Å². The van der Waals surface area contributed by atoms with Crippen molar-refractivity contribution in [1.82, 2.24) is 4.90 Å². The molecule has 0 bridgehead atoms. The number of likely N-dealkylation sites (tertiary alicyclic amines) is 1. The van der Waals surface area contributed by atoms with Gasteiger partial charge in [0.15, 0.2) is 0 Å². The number of nitrogens with zero attached hydrogens (tertiary/aromatic N) is 1. The maximum atomic E-state index is 13.3. The Hall–Kier alpha value is -1.98. The average molecular weight is 364 g/mol. The topological polar surface area (TPSA) is 49.4 Å². The zero-order valence-corrected chi connectivity index (χ0v) is 15.0. The van der Waals surface area contributed by atoms with Crippen molar-refractivity contribution in [1.29, 1.82) is 0 Å². The van der Waals surface area contributed by atoms with E-state index in [1.54, 1.807) is 4.90 Å². The number of amides is 2. The molecule has 1 atom stereocenters. The Bertz CT molecular complexity index is 639. The van der Waals surface area contributed by atoms with Crippen LogP contribution in [0.3, 0.4) is 0 Å². The van der Waals surface area contributed by atoms with Gasteiger partial charge in [-0.2, -0.15) is 0 Å². The van der Waals surface area contributed by atoms with Crippen molar-refractivity contribution in [2.45, 2.75) is 63.8 Å². The van der Waals surface area contributed by atoms with Crippen molar-refractivity contribution in [3.8, 4) is 0 Å². The molecule has 1 heterocycles. The summed E-state index contributed by atoms with van der Waals surface area (Å²) in [6, 6.07) is 2.36. The standard InChI is InChI=1S/C20H26F2N2O2/c21-15-11-16(22)13-17(12-15)23-20(26)18-8-4-5-9-24(18)19(25)10-14-6-2-1-3-7-14/h11-14,18H,1-10H2,(H,23,26)/t18-/m0/s1. The average Bonchev–Trinajstić information content (AvgIpc) is 2.61. The summed E-state index contributed by atoms with van der Waals surface area (Å²) in [6.45, 7) is 0.571. The quantitative estimate of drug-likeness (QED) is 0.868. The van der Waals surface area contributed by atoms with Gasteiger partial charge in [-0.25, -0.2) is 8.78 Å². The van der Waals surface area contributed by atoms with E-state index < -0.39 is 17.7 Å². The van der Waals surface area contributed by atoms with E-state index in [-0.39, 0.29) is 17.5 Å². The molecular formula is C20H26F2N2O2. The molecule has 1 aliphatic heterocycles. The van der Waals surface area contributed by atoms with Gasteiger partial charge >= 0.3 is 0 Å². The number of hydrogen-bond donors (Lipinski definition) is 1. The zero-order valence-electron chi connectivity index (χ0n) is 15.0. The van der Waals surface area contributed by atoms with Crippen LogP contribution < -0.4 is 5.32 Å². The number of hydrogen-bond acceptors (Lipinski definition) is 2. The summed E-state index contributed by atoms with van der Waals surface area (Å²) in [5.41, 5.74) is 0.0813. The first-order chi connectivity index (χ1) is 12.5. The molecule has 0 aromatic heterocycles. The van der Waals surface area contributed by atoms with E-state index in [0.29, 0.717) is 25.3 Å². The molecule has 0 radical (unpaired) electrons. The number of nitrogens with one attached hydrogen (secondary N) is 1. The highest BCUT2D eigenvalue weighted by molar-refractivity contribution is 5.97. The molecule has 1 aromatic rings. The Morgan fingerprint density at radius 3 is 2.31 bits per heavy atom. The third-order valence-corrected chi connectivity index (χ3v) is 5.44. The predicted molar refractivity (Wildman–Crippen MR) is 95.5 cm³/mol. The molecule has 4 nitrogen and oxygen atoms in total. The van der Waals surface area contributed by atoms with Crippen LogP contribution in [0.4, 0.5) is 14.5 Å². The molecule has 3 rings (SSSR count). The number of carbonyl (C=O) groups is 2. The van der Waals surface area contributed by atoms with Crippen molar-refractivity contribution >= 4 is 17.5 Å². The summed E-state index contributed by atoms with van der Waals surface area (Å²) >= 11 is 0. The van der Waals surface area contributed by atoms with Crippen molar-refractivity contribution in [3.05, 3.63) is 29.8 Å². The van der Waals surface area contributed by atoms with Crippen LogP contribution in [-0.2, 0) is 9.59 Å². The van der Waals surface area contributed by atoms with Crippen LogP contribution in [0.25, 0.3) is 0 Å². The highest BCUT2D eigenvalue weighted by Crippen LogP contribution is 2.28. The molecule has 6 heteroatoms. The molecule has 2 fully saturated rings. The molecule has 1 saturated heterocycles. The summed E-state index contributed by atoms with van der Waals surface area (Å²) in [5, 5.41) is 2.57. The number of carbonyl (C=O) groups excluding carboxylic acids is 2. The number of piperidine rings is 1. The third-order valence-electron chi connectivity index (χ3n) is 5.44. The van der Waals surface area contributed by atoms with E-state index in [0.717, 1.165) is 43.9 Å². The molecule has 2 aliphatic rings.